The Hall–Kier alpha value is -1.13. The zero-order valence-corrected chi connectivity index (χ0v) is 34.6. The Balaban J connectivity index is 3.09. The molecular formula is C39H78O17. The van der Waals surface area contributed by atoms with Gasteiger partial charge in [0.05, 0.1) is 192 Å². The van der Waals surface area contributed by atoms with Gasteiger partial charge in [-0.25, -0.2) is 0 Å². The van der Waals surface area contributed by atoms with Gasteiger partial charge in [0.25, 0.3) is 0 Å². The van der Waals surface area contributed by atoms with E-state index < -0.39 is 0 Å². The summed E-state index contributed by atoms with van der Waals surface area (Å²) < 4.78 is 81.2. The molecule has 0 fully saturated rings. The van der Waals surface area contributed by atoms with Crippen molar-refractivity contribution in [3.8, 4) is 0 Å². The molecule has 0 aliphatic heterocycles. The van der Waals surface area contributed by atoms with Gasteiger partial charge in [-0.1, -0.05) is 39.0 Å². The van der Waals surface area contributed by atoms with E-state index >= 15 is 0 Å². The molecule has 0 aromatic rings. The molecule has 336 valence electrons. The molecule has 0 aromatic carbocycles. The normalized spacial score (nSPS) is 11.5. The summed E-state index contributed by atoms with van der Waals surface area (Å²) in [6.07, 6.45) is 7.40. The lowest BCUT2D eigenvalue weighted by molar-refractivity contribution is -0.145. The van der Waals surface area contributed by atoms with Crippen LogP contribution in [0.15, 0.2) is 0 Å². The van der Waals surface area contributed by atoms with Crippen LogP contribution < -0.4 is 0 Å². The number of hydrogen-bond acceptors (Lipinski definition) is 17. The monoisotopic (exact) mass is 819 g/mol. The average Bonchev–Trinajstić information content (AvgIpc) is 3.20. The van der Waals surface area contributed by atoms with E-state index in [1.54, 1.807) is 0 Å². The SMILES string of the molecule is CCCCCCCCC(=O)OCCOCCOCCOCCOCCOCCOCCOCCOCCOCCOCCOCCOCCOCCOCCO. The van der Waals surface area contributed by atoms with E-state index in [1.165, 1.54) is 25.7 Å². The predicted molar refractivity (Wildman–Crippen MR) is 208 cm³/mol. The van der Waals surface area contributed by atoms with E-state index in [2.05, 4.69) is 6.92 Å². The van der Waals surface area contributed by atoms with Gasteiger partial charge in [-0.15, -0.1) is 0 Å². The summed E-state index contributed by atoms with van der Waals surface area (Å²) in [6, 6.07) is 0. The van der Waals surface area contributed by atoms with E-state index in [-0.39, 0.29) is 19.2 Å². The number of aliphatic hydroxyl groups excluding tert-OH is 1. The van der Waals surface area contributed by atoms with Crippen molar-refractivity contribution in [3.05, 3.63) is 0 Å². The number of carbonyl (C=O) groups excluding carboxylic acids is 1. The second kappa shape index (κ2) is 51.9. The molecule has 0 atom stereocenters. The van der Waals surface area contributed by atoms with Crippen molar-refractivity contribution in [1.82, 2.24) is 0 Å². The van der Waals surface area contributed by atoms with E-state index in [9.17, 15) is 4.79 Å². The smallest absolute Gasteiger partial charge is 0.305 e. The fraction of sp³-hybridized carbons (Fsp3) is 0.974. The zero-order chi connectivity index (χ0) is 40.3. The lowest BCUT2D eigenvalue weighted by Crippen LogP contribution is -2.16. The zero-order valence-electron chi connectivity index (χ0n) is 34.6. The van der Waals surface area contributed by atoms with E-state index in [0.29, 0.717) is 191 Å². The highest BCUT2D eigenvalue weighted by molar-refractivity contribution is 5.69. The predicted octanol–water partition coefficient (Wildman–Crippen LogP) is 2.50. The summed E-state index contributed by atoms with van der Waals surface area (Å²) in [6.45, 7) is 15.9. The van der Waals surface area contributed by atoms with Crippen LogP contribution >= 0.6 is 0 Å². The number of ether oxygens (including phenoxy) is 15. The molecule has 0 radical (unpaired) electrons. The van der Waals surface area contributed by atoms with Gasteiger partial charge in [0.15, 0.2) is 0 Å². The molecule has 0 saturated heterocycles. The van der Waals surface area contributed by atoms with Crippen LogP contribution in [0.1, 0.15) is 51.9 Å². The Kier molecular flexibility index (Phi) is 50.8. The van der Waals surface area contributed by atoms with Gasteiger partial charge in [0, 0.05) is 6.42 Å². The lowest BCUT2D eigenvalue weighted by atomic mass is 10.1. The van der Waals surface area contributed by atoms with Gasteiger partial charge in [-0.3, -0.25) is 4.79 Å². The van der Waals surface area contributed by atoms with E-state index in [1.807, 2.05) is 0 Å². The number of carbonyl (C=O) groups is 1. The highest BCUT2D eigenvalue weighted by Crippen LogP contribution is 2.07. The van der Waals surface area contributed by atoms with Crippen molar-refractivity contribution in [2.45, 2.75) is 51.9 Å². The minimum atomic E-state index is -0.147. The van der Waals surface area contributed by atoms with Gasteiger partial charge in [0.1, 0.15) is 6.61 Å². The van der Waals surface area contributed by atoms with Crippen LogP contribution in [0.4, 0.5) is 0 Å². The first-order chi connectivity index (χ1) is 27.8. The molecule has 17 nitrogen and oxygen atoms in total. The minimum absolute atomic E-state index is 0.0211. The van der Waals surface area contributed by atoms with Crippen molar-refractivity contribution in [2.24, 2.45) is 0 Å². The third-order valence-corrected chi connectivity index (χ3v) is 7.30. The van der Waals surface area contributed by atoms with Crippen molar-refractivity contribution in [1.29, 1.82) is 0 Å². The summed E-state index contributed by atoms with van der Waals surface area (Å²) in [5.41, 5.74) is 0. The number of rotatable bonds is 51. The van der Waals surface area contributed by atoms with E-state index in [0.717, 1.165) is 12.8 Å². The van der Waals surface area contributed by atoms with Crippen LogP contribution in [0.2, 0.25) is 0 Å². The lowest BCUT2D eigenvalue weighted by Gasteiger charge is -2.09. The highest BCUT2D eigenvalue weighted by atomic mass is 16.6. The summed E-state index contributed by atoms with van der Waals surface area (Å²) >= 11 is 0. The molecule has 0 bridgehead atoms. The maximum atomic E-state index is 11.7. The quantitative estimate of drug-likeness (QED) is 0.0700. The number of unbranched alkanes of at least 4 members (excludes halogenated alkanes) is 5. The maximum Gasteiger partial charge on any atom is 0.305 e. The van der Waals surface area contributed by atoms with E-state index in [4.69, 9.17) is 76.2 Å². The molecule has 0 aliphatic rings. The van der Waals surface area contributed by atoms with Crippen LogP contribution in [-0.2, 0) is 75.8 Å². The summed E-state index contributed by atoms with van der Waals surface area (Å²) in [7, 11) is 0. The van der Waals surface area contributed by atoms with Crippen LogP contribution in [0.25, 0.3) is 0 Å². The van der Waals surface area contributed by atoms with Crippen LogP contribution in [0, 0.1) is 0 Å². The molecule has 1 N–H and O–H groups in total. The van der Waals surface area contributed by atoms with Gasteiger partial charge in [-0.2, -0.15) is 0 Å². The van der Waals surface area contributed by atoms with Gasteiger partial charge >= 0.3 is 5.97 Å². The fourth-order valence-corrected chi connectivity index (χ4v) is 4.36. The first-order valence-corrected chi connectivity index (χ1v) is 20.7. The maximum absolute atomic E-state index is 11.7. The second-order valence-electron chi connectivity index (χ2n) is 12.0. The molecule has 0 rings (SSSR count). The Morgan fingerprint density at radius 1 is 0.304 bits per heavy atom. The molecule has 56 heavy (non-hydrogen) atoms. The van der Waals surface area contributed by atoms with Gasteiger partial charge < -0.3 is 76.2 Å². The summed E-state index contributed by atoms with van der Waals surface area (Å²) in [5, 5.41) is 8.59. The number of esters is 1. The first kappa shape index (κ1) is 54.9. The van der Waals surface area contributed by atoms with Gasteiger partial charge in [0.2, 0.25) is 0 Å². The topological polar surface area (TPSA) is 176 Å². The largest absolute Gasteiger partial charge is 0.463 e. The molecule has 0 heterocycles. The Bertz CT molecular complexity index is 725. The Morgan fingerprint density at radius 2 is 0.518 bits per heavy atom. The summed E-state index contributed by atoms with van der Waals surface area (Å²) in [5.74, 6) is -0.147. The van der Waals surface area contributed by atoms with Crippen molar-refractivity contribution in [2.75, 3.05) is 198 Å². The third-order valence-electron chi connectivity index (χ3n) is 7.30. The van der Waals surface area contributed by atoms with Crippen LogP contribution in [0.3, 0.4) is 0 Å². The molecule has 0 amide bonds. The Labute approximate surface area is 336 Å². The molecule has 0 aromatic heterocycles. The van der Waals surface area contributed by atoms with Gasteiger partial charge in [-0.05, 0) is 6.42 Å². The highest BCUT2D eigenvalue weighted by Gasteiger charge is 2.03. The fourth-order valence-electron chi connectivity index (χ4n) is 4.36. The third kappa shape index (κ3) is 50.9. The molecule has 0 unspecified atom stereocenters. The van der Waals surface area contributed by atoms with Crippen molar-refractivity contribution >= 4 is 5.97 Å². The molecule has 0 spiro atoms. The molecule has 0 aliphatic carbocycles. The Morgan fingerprint density at radius 3 is 0.768 bits per heavy atom. The van der Waals surface area contributed by atoms with Crippen molar-refractivity contribution < 1.29 is 81.0 Å². The second-order valence-corrected chi connectivity index (χ2v) is 12.0. The number of aliphatic hydroxyl groups is 1. The standard InChI is InChI=1S/C39H78O17/c1-2-3-4-5-6-7-8-39(41)56-38-37-55-36-35-54-34-33-53-32-31-52-30-29-51-28-27-50-26-25-49-24-23-48-22-21-47-20-19-46-18-17-45-16-15-44-14-13-43-12-11-42-10-9-40/h40H,2-38H2,1H3. The molecule has 17 heteroatoms. The van der Waals surface area contributed by atoms with Crippen LogP contribution in [-0.4, -0.2) is 209 Å². The van der Waals surface area contributed by atoms with Crippen molar-refractivity contribution in [3.63, 3.8) is 0 Å². The minimum Gasteiger partial charge on any atom is -0.463 e. The first-order valence-electron chi connectivity index (χ1n) is 20.7. The average molecular weight is 819 g/mol. The van der Waals surface area contributed by atoms with Crippen LogP contribution in [0.5, 0.6) is 0 Å². The number of hydrogen-bond donors (Lipinski definition) is 1. The summed E-state index contributed by atoms with van der Waals surface area (Å²) in [4.78, 5) is 11.7. The molecule has 0 saturated carbocycles. The molecular weight excluding hydrogens is 740 g/mol.